The summed E-state index contributed by atoms with van der Waals surface area (Å²) < 4.78 is 10.3. The van der Waals surface area contributed by atoms with Gasteiger partial charge in [-0.2, -0.15) is 0 Å². The van der Waals surface area contributed by atoms with Crippen LogP contribution in [0.15, 0.2) is 0 Å². The topological polar surface area (TPSA) is 38.8 Å². The predicted molar refractivity (Wildman–Crippen MR) is 51.0 cm³/mol. The molecule has 0 aromatic heterocycles. The Morgan fingerprint density at radius 1 is 1.57 bits per heavy atom. The number of carbonyl (C=O) groups excluding carboxylic acids is 1. The van der Waals surface area contributed by atoms with Gasteiger partial charge in [0.1, 0.15) is 0 Å². The van der Waals surface area contributed by atoms with Gasteiger partial charge in [-0.1, -0.05) is 0 Å². The van der Waals surface area contributed by atoms with Gasteiger partial charge in [0.05, 0.1) is 26.4 Å². The monoisotopic (exact) mass is 199 g/mol. The van der Waals surface area contributed by atoms with Crippen LogP contribution in [0.25, 0.3) is 0 Å². The van der Waals surface area contributed by atoms with Gasteiger partial charge in [0, 0.05) is 12.6 Å². The first-order chi connectivity index (χ1) is 6.81. The summed E-state index contributed by atoms with van der Waals surface area (Å²) in [5.74, 6) is -0.141. The Bertz CT molecular complexity index is 219. The highest BCUT2D eigenvalue weighted by atomic mass is 16.5. The van der Waals surface area contributed by atoms with Gasteiger partial charge < -0.3 is 9.47 Å². The third kappa shape index (κ3) is 1.91. The van der Waals surface area contributed by atoms with Gasteiger partial charge in [0.15, 0.2) is 0 Å². The van der Waals surface area contributed by atoms with Crippen molar-refractivity contribution in [1.29, 1.82) is 0 Å². The van der Waals surface area contributed by atoms with Crippen molar-refractivity contribution in [2.24, 2.45) is 0 Å². The summed E-state index contributed by atoms with van der Waals surface area (Å²) in [6.45, 7) is 2.02. The maximum absolute atomic E-state index is 11.2. The molecule has 0 aromatic rings. The molecule has 2 rings (SSSR count). The molecule has 2 fully saturated rings. The molecule has 2 unspecified atom stereocenters. The second-order valence-corrected chi connectivity index (χ2v) is 3.95. The van der Waals surface area contributed by atoms with E-state index >= 15 is 0 Å². The van der Waals surface area contributed by atoms with Crippen molar-refractivity contribution in [2.45, 2.75) is 31.4 Å². The zero-order valence-corrected chi connectivity index (χ0v) is 8.57. The Hall–Kier alpha value is -0.610. The first-order valence-corrected chi connectivity index (χ1v) is 5.23. The molecule has 0 amide bonds. The highest BCUT2D eigenvalue weighted by molar-refractivity contribution is 5.71. The van der Waals surface area contributed by atoms with Crippen molar-refractivity contribution in [3.05, 3.63) is 0 Å². The van der Waals surface area contributed by atoms with Crippen LogP contribution in [0, 0.1) is 0 Å². The Balaban J connectivity index is 1.93. The van der Waals surface area contributed by atoms with Crippen LogP contribution in [0.4, 0.5) is 0 Å². The van der Waals surface area contributed by atoms with E-state index in [0.29, 0.717) is 18.7 Å². The van der Waals surface area contributed by atoms with E-state index in [1.165, 1.54) is 13.5 Å². The van der Waals surface area contributed by atoms with E-state index in [0.717, 1.165) is 26.0 Å². The quantitative estimate of drug-likeness (QED) is 0.604. The molecule has 0 spiro atoms. The molecule has 14 heavy (non-hydrogen) atoms. The molecular weight excluding hydrogens is 182 g/mol. The molecule has 0 radical (unpaired) electrons. The third-order valence-corrected chi connectivity index (χ3v) is 3.16. The number of morpholine rings is 1. The van der Waals surface area contributed by atoms with E-state index < -0.39 is 0 Å². The highest BCUT2D eigenvalue weighted by Crippen LogP contribution is 2.29. The van der Waals surface area contributed by atoms with Crippen LogP contribution in [-0.4, -0.2) is 49.8 Å². The summed E-state index contributed by atoms with van der Waals surface area (Å²) in [4.78, 5) is 13.4. The fourth-order valence-electron chi connectivity index (χ4n) is 2.43. The Morgan fingerprint density at radius 3 is 3.21 bits per heavy atom. The zero-order chi connectivity index (χ0) is 9.97. The Morgan fingerprint density at radius 2 is 2.43 bits per heavy atom. The number of hydrogen-bond acceptors (Lipinski definition) is 4. The highest BCUT2D eigenvalue weighted by Gasteiger charge is 2.36. The van der Waals surface area contributed by atoms with Crippen molar-refractivity contribution in [3.8, 4) is 0 Å². The van der Waals surface area contributed by atoms with E-state index in [-0.39, 0.29) is 5.97 Å². The van der Waals surface area contributed by atoms with Crippen molar-refractivity contribution in [3.63, 3.8) is 0 Å². The molecule has 1 aliphatic heterocycles. The number of rotatable bonds is 2. The first kappa shape index (κ1) is 9.93. The number of fused-ring (bicyclic) bond motifs is 1. The smallest absolute Gasteiger partial charge is 0.319 e. The van der Waals surface area contributed by atoms with Gasteiger partial charge in [-0.25, -0.2) is 0 Å². The van der Waals surface area contributed by atoms with Gasteiger partial charge in [-0.3, -0.25) is 9.69 Å². The SMILES string of the molecule is COC(=O)CN1CCOC2CCCC21. The predicted octanol–water partition coefficient (Wildman–Crippen LogP) is 0.413. The van der Waals surface area contributed by atoms with Gasteiger partial charge in [-0.05, 0) is 19.3 Å². The molecular formula is C10H17NO3. The molecule has 80 valence electrons. The standard InChI is InChI=1S/C10H17NO3/c1-13-10(12)7-11-5-6-14-9-4-2-3-8(9)11/h8-9H,2-7H2,1H3. The van der Waals surface area contributed by atoms with E-state index in [2.05, 4.69) is 9.64 Å². The number of esters is 1. The van der Waals surface area contributed by atoms with Gasteiger partial charge in [0.2, 0.25) is 0 Å². The van der Waals surface area contributed by atoms with Crippen LogP contribution in [-0.2, 0) is 14.3 Å². The first-order valence-electron chi connectivity index (χ1n) is 5.23. The van der Waals surface area contributed by atoms with Crippen LogP contribution in [0.1, 0.15) is 19.3 Å². The summed E-state index contributed by atoms with van der Waals surface area (Å²) >= 11 is 0. The molecule has 1 saturated carbocycles. The summed E-state index contributed by atoms with van der Waals surface area (Å²) in [5.41, 5.74) is 0. The molecule has 4 nitrogen and oxygen atoms in total. The van der Waals surface area contributed by atoms with E-state index in [4.69, 9.17) is 4.74 Å². The molecule has 0 N–H and O–H groups in total. The van der Waals surface area contributed by atoms with E-state index in [1.54, 1.807) is 0 Å². The lowest BCUT2D eigenvalue weighted by molar-refractivity contribution is -0.145. The minimum atomic E-state index is -0.141. The van der Waals surface area contributed by atoms with Crippen LogP contribution in [0.5, 0.6) is 0 Å². The zero-order valence-electron chi connectivity index (χ0n) is 8.57. The van der Waals surface area contributed by atoms with Gasteiger partial charge in [-0.15, -0.1) is 0 Å². The lowest BCUT2D eigenvalue weighted by atomic mass is 10.1. The molecule has 0 bridgehead atoms. The Labute approximate surface area is 84.2 Å². The van der Waals surface area contributed by atoms with E-state index in [9.17, 15) is 4.79 Å². The minimum absolute atomic E-state index is 0.141. The average Bonchev–Trinajstić information content (AvgIpc) is 2.66. The molecule has 4 heteroatoms. The molecule has 0 aromatic carbocycles. The van der Waals surface area contributed by atoms with Crippen molar-refractivity contribution in [1.82, 2.24) is 4.90 Å². The fraction of sp³-hybridized carbons (Fsp3) is 0.900. The van der Waals surface area contributed by atoms with Gasteiger partial charge >= 0.3 is 5.97 Å². The van der Waals surface area contributed by atoms with Crippen LogP contribution in [0.2, 0.25) is 0 Å². The molecule has 1 saturated heterocycles. The normalized spacial score (nSPS) is 32.6. The van der Waals surface area contributed by atoms with Crippen molar-refractivity contribution < 1.29 is 14.3 Å². The second-order valence-electron chi connectivity index (χ2n) is 3.95. The largest absolute Gasteiger partial charge is 0.468 e. The number of nitrogens with zero attached hydrogens (tertiary/aromatic N) is 1. The summed E-state index contributed by atoms with van der Waals surface area (Å²) in [5, 5.41) is 0. The van der Waals surface area contributed by atoms with E-state index in [1.807, 2.05) is 0 Å². The lowest BCUT2D eigenvalue weighted by Crippen LogP contribution is -2.50. The lowest BCUT2D eigenvalue weighted by Gasteiger charge is -2.36. The molecule has 2 atom stereocenters. The molecule has 2 aliphatic rings. The summed E-state index contributed by atoms with van der Waals surface area (Å²) in [6, 6.07) is 0.447. The number of hydrogen-bond donors (Lipinski definition) is 0. The Kier molecular flexibility index (Phi) is 3.03. The summed E-state index contributed by atoms with van der Waals surface area (Å²) in [6.07, 6.45) is 3.87. The number of carbonyl (C=O) groups is 1. The van der Waals surface area contributed by atoms with Crippen molar-refractivity contribution in [2.75, 3.05) is 26.8 Å². The summed E-state index contributed by atoms with van der Waals surface area (Å²) in [7, 11) is 1.44. The number of ether oxygens (including phenoxy) is 2. The van der Waals surface area contributed by atoms with Crippen LogP contribution >= 0.6 is 0 Å². The molecule has 1 heterocycles. The minimum Gasteiger partial charge on any atom is -0.468 e. The molecule has 1 aliphatic carbocycles. The van der Waals surface area contributed by atoms with Crippen LogP contribution < -0.4 is 0 Å². The third-order valence-electron chi connectivity index (χ3n) is 3.16. The number of methoxy groups -OCH3 is 1. The fourth-order valence-corrected chi connectivity index (χ4v) is 2.43. The second kappa shape index (κ2) is 4.28. The van der Waals surface area contributed by atoms with Crippen LogP contribution in [0.3, 0.4) is 0 Å². The van der Waals surface area contributed by atoms with Gasteiger partial charge in [0.25, 0.3) is 0 Å². The maximum atomic E-state index is 11.2. The maximum Gasteiger partial charge on any atom is 0.319 e. The van der Waals surface area contributed by atoms with Crippen molar-refractivity contribution >= 4 is 5.97 Å². The average molecular weight is 199 g/mol.